The minimum Gasteiger partial charge on any atom is -0.369 e. The van der Waals surface area contributed by atoms with E-state index in [1.165, 1.54) is 0 Å². The van der Waals surface area contributed by atoms with Crippen molar-refractivity contribution in [1.29, 1.82) is 0 Å². The van der Waals surface area contributed by atoms with Crippen LogP contribution < -0.4 is 0 Å². The Labute approximate surface area is 85.3 Å². The molecule has 0 amide bonds. The lowest BCUT2D eigenvalue weighted by Gasteiger charge is -2.30. The zero-order chi connectivity index (χ0) is 10.2. The summed E-state index contributed by atoms with van der Waals surface area (Å²) in [6, 6.07) is 0. The molecule has 2 unspecified atom stereocenters. The molecule has 1 saturated heterocycles. The fourth-order valence-electron chi connectivity index (χ4n) is 1.40. The van der Waals surface area contributed by atoms with Crippen LogP contribution in [0.3, 0.4) is 0 Å². The first-order chi connectivity index (χ1) is 6.88. The van der Waals surface area contributed by atoms with Crippen molar-refractivity contribution in [3.8, 4) is 0 Å². The van der Waals surface area contributed by atoms with Crippen molar-refractivity contribution in [3.05, 3.63) is 25.3 Å². The van der Waals surface area contributed by atoms with Crippen LogP contribution in [0.1, 0.15) is 12.8 Å². The molecule has 0 saturated carbocycles. The zero-order valence-electron chi connectivity index (χ0n) is 8.48. The van der Waals surface area contributed by atoms with Gasteiger partial charge in [0.15, 0.2) is 6.29 Å². The van der Waals surface area contributed by atoms with Gasteiger partial charge in [0.25, 0.3) is 0 Å². The van der Waals surface area contributed by atoms with E-state index in [4.69, 9.17) is 14.2 Å². The summed E-state index contributed by atoms with van der Waals surface area (Å²) in [5.41, 5.74) is 0. The van der Waals surface area contributed by atoms with Crippen molar-refractivity contribution < 1.29 is 14.2 Å². The van der Waals surface area contributed by atoms with Gasteiger partial charge >= 0.3 is 0 Å². The Kier molecular flexibility index (Phi) is 5.52. The Hall–Kier alpha value is -0.640. The predicted molar refractivity (Wildman–Crippen MR) is 55.1 cm³/mol. The molecular weight excluding hydrogens is 180 g/mol. The molecule has 3 heteroatoms. The third-order valence-electron chi connectivity index (χ3n) is 2.03. The van der Waals surface area contributed by atoms with Crippen LogP contribution in [-0.4, -0.2) is 32.2 Å². The van der Waals surface area contributed by atoms with E-state index in [9.17, 15) is 0 Å². The van der Waals surface area contributed by atoms with Crippen molar-refractivity contribution in [2.75, 3.05) is 19.8 Å². The van der Waals surface area contributed by atoms with Crippen molar-refractivity contribution in [2.45, 2.75) is 25.2 Å². The third kappa shape index (κ3) is 3.62. The highest BCUT2D eigenvalue weighted by Gasteiger charge is 2.26. The zero-order valence-corrected chi connectivity index (χ0v) is 8.48. The van der Waals surface area contributed by atoms with Crippen LogP contribution in [0.2, 0.25) is 0 Å². The van der Waals surface area contributed by atoms with Gasteiger partial charge in [0.2, 0.25) is 0 Å². The average molecular weight is 198 g/mol. The second-order valence-corrected chi connectivity index (χ2v) is 3.16. The van der Waals surface area contributed by atoms with Crippen molar-refractivity contribution >= 4 is 0 Å². The van der Waals surface area contributed by atoms with E-state index in [0.717, 1.165) is 19.4 Å². The molecule has 0 spiro atoms. The molecule has 2 atom stereocenters. The fourth-order valence-corrected chi connectivity index (χ4v) is 1.40. The molecule has 0 aromatic rings. The maximum atomic E-state index is 5.54. The van der Waals surface area contributed by atoms with E-state index in [2.05, 4.69) is 13.2 Å². The molecule has 80 valence electrons. The van der Waals surface area contributed by atoms with Crippen LogP contribution in [0.15, 0.2) is 25.3 Å². The van der Waals surface area contributed by atoms with Crippen LogP contribution in [-0.2, 0) is 14.2 Å². The molecule has 1 aliphatic rings. The normalized spacial score (nSPS) is 27.1. The smallest absolute Gasteiger partial charge is 0.184 e. The quantitative estimate of drug-likeness (QED) is 0.610. The molecular formula is C11H18O3. The molecule has 14 heavy (non-hydrogen) atoms. The van der Waals surface area contributed by atoms with Gasteiger partial charge in [-0.1, -0.05) is 12.2 Å². The molecule has 1 aliphatic heterocycles. The van der Waals surface area contributed by atoms with Crippen molar-refractivity contribution in [1.82, 2.24) is 0 Å². The molecule has 0 N–H and O–H groups in total. The largest absolute Gasteiger partial charge is 0.369 e. The molecule has 1 fully saturated rings. The first-order valence-corrected chi connectivity index (χ1v) is 4.95. The number of hydrogen-bond acceptors (Lipinski definition) is 3. The van der Waals surface area contributed by atoms with E-state index >= 15 is 0 Å². The summed E-state index contributed by atoms with van der Waals surface area (Å²) in [5, 5.41) is 0. The Balaban J connectivity index is 2.33. The van der Waals surface area contributed by atoms with Gasteiger partial charge in [0.1, 0.15) is 6.10 Å². The Morgan fingerprint density at radius 3 is 2.64 bits per heavy atom. The van der Waals surface area contributed by atoms with Crippen LogP contribution in [0.4, 0.5) is 0 Å². The molecule has 3 nitrogen and oxygen atoms in total. The van der Waals surface area contributed by atoms with Gasteiger partial charge in [0, 0.05) is 6.61 Å². The summed E-state index contributed by atoms with van der Waals surface area (Å²) in [6.45, 7) is 8.99. The summed E-state index contributed by atoms with van der Waals surface area (Å²) in [6.07, 6.45) is 5.23. The van der Waals surface area contributed by atoms with Gasteiger partial charge in [-0.05, 0) is 12.8 Å². The summed E-state index contributed by atoms with van der Waals surface area (Å²) < 4.78 is 16.4. The second-order valence-electron chi connectivity index (χ2n) is 3.16. The van der Waals surface area contributed by atoms with Crippen molar-refractivity contribution in [3.63, 3.8) is 0 Å². The second kappa shape index (κ2) is 6.76. The number of hydrogen-bond donors (Lipinski definition) is 0. The van der Waals surface area contributed by atoms with E-state index in [0.29, 0.717) is 13.2 Å². The molecule has 1 rings (SSSR count). The summed E-state index contributed by atoms with van der Waals surface area (Å²) in [7, 11) is 0. The van der Waals surface area contributed by atoms with Gasteiger partial charge in [-0.2, -0.15) is 0 Å². The lowest BCUT2D eigenvalue weighted by atomic mass is 10.1. The highest BCUT2D eigenvalue weighted by atomic mass is 16.7. The maximum absolute atomic E-state index is 5.54. The predicted octanol–water partition coefficient (Wildman–Crippen LogP) is 1.90. The molecule has 0 radical (unpaired) electrons. The van der Waals surface area contributed by atoms with Gasteiger partial charge < -0.3 is 14.2 Å². The molecule has 0 aromatic heterocycles. The van der Waals surface area contributed by atoms with E-state index in [1.54, 1.807) is 12.2 Å². The van der Waals surface area contributed by atoms with Crippen LogP contribution >= 0.6 is 0 Å². The van der Waals surface area contributed by atoms with E-state index in [-0.39, 0.29) is 12.4 Å². The first-order valence-electron chi connectivity index (χ1n) is 4.95. The molecule has 0 aromatic carbocycles. The lowest BCUT2D eigenvalue weighted by Crippen LogP contribution is -2.38. The monoisotopic (exact) mass is 198 g/mol. The summed E-state index contributed by atoms with van der Waals surface area (Å²) in [5.74, 6) is 0. The number of ether oxygens (including phenoxy) is 3. The average Bonchev–Trinajstić information content (AvgIpc) is 2.24. The third-order valence-corrected chi connectivity index (χ3v) is 2.03. The number of rotatable bonds is 6. The highest BCUT2D eigenvalue weighted by molar-refractivity contribution is 4.74. The SMILES string of the molecule is C=CCOC1CCCOC1OCC=C. The minimum atomic E-state index is -0.248. The van der Waals surface area contributed by atoms with Crippen LogP contribution in [0, 0.1) is 0 Å². The maximum Gasteiger partial charge on any atom is 0.184 e. The van der Waals surface area contributed by atoms with Crippen LogP contribution in [0.25, 0.3) is 0 Å². The standard InChI is InChI=1S/C11H18O3/c1-3-7-12-10-6-5-9-14-11(10)13-8-4-2/h3-4,10-11H,1-2,5-9H2. The molecule has 0 bridgehead atoms. The van der Waals surface area contributed by atoms with Gasteiger partial charge in [-0.25, -0.2) is 0 Å². The van der Waals surface area contributed by atoms with E-state index in [1.807, 2.05) is 0 Å². The Morgan fingerprint density at radius 1 is 1.21 bits per heavy atom. The van der Waals surface area contributed by atoms with Crippen LogP contribution in [0.5, 0.6) is 0 Å². The highest BCUT2D eigenvalue weighted by Crippen LogP contribution is 2.18. The lowest BCUT2D eigenvalue weighted by molar-refractivity contribution is -0.220. The molecule has 1 heterocycles. The fraction of sp³-hybridized carbons (Fsp3) is 0.636. The van der Waals surface area contributed by atoms with E-state index < -0.39 is 0 Å². The topological polar surface area (TPSA) is 27.7 Å². The van der Waals surface area contributed by atoms with Gasteiger partial charge in [0.05, 0.1) is 13.2 Å². The van der Waals surface area contributed by atoms with Gasteiger partial charge in [-0.3, -0.25) is 0 Å². The first kappa shape index (κ1) is 11.4. The molecule has 0 aliphatic carbocycles. The summed E-state index contributed by atoms with van der Waals surface area (Å²) in [4.78, 5) is 0. The van der Waals surface area contributed by atoms with Gasteiger partial charge in [-0.15, -0.1) is 13.2 Å². The minimum absolute atomic E-state index is 0.0294. The Morgan fingerprint density at radius 2 is 1.93 bits per heavy atom. The summed E-state index contributed by atoms with van der Waals surface area (Å²) >= 11 is 0. The Bertz CT molecular complexity index is 159. The van der Waals surface area contributed by atoms with Crippen molar-refractivity contribution in [2.24, 2.45) is 0 Å².